The van der Waals surface area contributed by atoms with Gasteiger partial charge in [-0.15, -0.1) is 11.3 Å². The number of thiazole rings is 1. The first-order valence-electron chi connectivity index (χ1n) is 8.20. The van der Waals surface area contributed by atoms with E-state index in [1.165, 1.54) is 34.0 Å². The van der Waals surface area contributed by atoms with Gasteiger partial charge in [-0.05, 0) is 25.0 Å². The fourth-order valence-corrected chi connectivity index (χ4v) is 4.47. The molecule has 0 bridgehead atoms. The molecule has 1 N–H and O–H groups in total. The van der Waals surface area contributed by atoms with E-state index in [4.69, 9.17) is 0 Å². The van der Waals surface area contributed by atoms with E-state index in [-0.39, 0.29) is 17.5 Å². The monoisotopic (exact) mass is 410 g/mol. The molecule has 1 saturated heterocycles. The van der Waals surface area contributed by atoms with Crippen molar-refractivity contribution in [3.05, 3.63) is 39.8 Å². The summed E-state index contributed by atoms with van der Waals surface area (Å²) in [5.41, 5.74) is 1.35. The Morgan fingerprint density at radius 1 is 1.30 bits per heavy atom. The number of benzene rings is 1. The largest absolute Gasteiger partial charge is 0.302 e. The van der Waals surface area contributed by atoms with Crippen LogP contribution in [0.5, 0.6) is 0 Å². The molecule has 144 valence electrons. The highest BCUT2D eigenvalue weighted by Gasteiger charge is 2.29. The van der Waals surface area contributed by atoms with Gasteiger partial charge in [0.25, 0.3) is 5.69 Å². The number of hydrogen-bond donors (Lipinski definition) is 1. The molecular formula is C16H18N4O5S2. The predicted octanol–water partition coefficient (Wildman–Crippen LogP) is 2.33. The average molecular weight is 410 g/mol. The molecule has 0 aliphatic carbocycles. The number of carbonyl (C=O) groups is 1. The van der Waals surface area contributed by atoms with E-state index >= 15 is 0 Å². The highest BCUT2D eigenvalue weighted by Crippen LogP contribution is 2.27. The number of non-ortho nitro benzene ring substituents is 1. The molecule has 9 nitrogen and oxygen atoms in total. The van der Waals surface area contributed by atoms with Gasteiger partial charge in [0.05, 0.1) is 16.9 Å². The summed E-state index contributed by atoms with van der Waals surface area (Å²) in [4.78, 5) is 27.0. The Labute approximate surface area is 160 Å². The van der Waals surface area contributed by atoms with Crippen molar-refractivity contribution in [3.63, 3.8) is 0 Å². The van der Waals surface area contributed by atoms with Gasteiger partial charge in [0, 0.05) is 42.1 Å². The number of hydrogen-bond acceptors (Lipinski definition) is 7. The molecule has 0 spiro atoms. The molecule has 27 heavy (non-hydrogen) atoms. The Morgan fingerprint density at radius 3 is 2.48 bits per heavy atom. The maximum Gasteiger partial charge on any atom is 0.269 e. The number of aromatic nitrogens is 1. The van der Waals surface area contributed by atoms with Gasteiger partial charge in [-0.3, -0.25) is 14.9 Å². The van der Waals surface area contributed by atoms with Crippen molar-refractivity contribution < 1.29 is 18.1 Å². The van der Waals surface area contributed by atoms with E-state index in [1.807, 2.05) is 0 Å². The van der Waals surface area contributed by atoms with Gasteiger partial charge in [0.1, 0.15) is 0 Å². The summed E-state index contributed by atoms with van der Waals surface area (Å²) >= 11 is 1.27. The summed E-state index contributed by atoms with van der Waals surface area (Å²) in [6.45, 7) is 0.672. The molecule has 2 aromatic rings. The molecule has 1 aromatic heterocycles. The van der Waals surface area contributed by atoms with Crippen LogP contribution < -0.4 is 5.32 Å². The SMILES string of the molecule is CS(=O)(=O)N1CCC(C(=O)Nc2nc(-c3ccc([N+](=O)[O-])cc3)cs2)CC1. The lowest BCUT2D eigenvalue weighted by Gasteiger charge is -2.29. The average Bonchev–Trinajstić information content (AvgIpc) is 3.09. The maximum absolute atomic E-state index is 12.4. The van der Waals surface area contributed by atoms with Crippen LogP contribution in [0.1, 0.15) is 12.8 Å². The third kappa shape index (κ3) is 4.67. The summed E-state index contributed by atoms with van der Waals surface area (Å²) in [5.74, 6) is -0.428. The van der Waals surface area contributed by atoms with Crippen LogP contribution in [-0.4, -0.2) is 47.9 Å². The van der Waals surface area contributed by atoms with Crippen molar-refractivity contribution in [1.29, 1.82) is 0 Å². The van der Waals surface area contributed by atoms with E-state index < -0.39 is 14.9 Å². The molecule has 1 amide bonds. The van der Waals surface area contributed by atoms with Gasteiger partial charge in [0.15, 0.2) is 5.13 Å². The van der Waals surface area contributed by atoms with Crippen LogP contribution in [0.2, 0.25) is 0 Å². The number of sulfonamides is 1. The third-order valence-corrected chi connectivity index (χ3v) is 6.46. The number of nitro benzene ring substituents is 1. The van der Waals surface area contributed by atoms with Gasteiger partial charge in [-0.1, -0.05) is 0 Å². The number of nitrogens with one attached hydrogen (secondary N) is 1. The molecule has 1 aromatic carbocycles. The van der Waals surface area contributed by atoms with E-state index in [9.17, 15) is 23.3 Å². The van der Waals surface area contributed by atoms with E-state index in [0.717, 1.165) is 5.56 Å². The molecule has 2 heterocycles. The summed E-state index contributed by atoms with van der Waals surface area (Å²) in [6, 6.07) is 6.03. The van der Waals surface area contributed by atoms with Crippen molar-refractivity contribution in [2.45, 2.75) is 12.8 Å². The highest BCUT2D eigenvalue weighted by molar-refractivity contribution is 7.88. The van der Waals surface area contributed by atoms with E-state index in [2.05, 4.69) is 10.3 Å². The van der Waals surface area contributed by atoms with Crippen LogP contribution in [-0.2, 0) is 14.8 Å². The minimum atomic E-state index is -3.22. The van der Waals surface area contributed by atoms with Crippen LogP contribution >= 0.6 is 11.3 Å². The first kappa shape index (κ1) is 19.4. The van der Waals surface area contributed by atoms with Crippen LogP contribution in [0.3, 0.4) is 0 Å². The minimum absolute atomic E-state index is 0.00272. The molecule has 0 atom stereocenters. The van der Waals surface area contributed by atoms with E-state index in [0.29, 0.717) is 36.8 Å². The Hall–Kier alpha value is -2.37. The Bertz CT molecular complexity index is 947. The number of amides is 1. The van der Waals surface area contributed by atoms with E-state index in [1.54, 1.807) is 17.5 Å². The summed E-state index contributed by atoms with van der Waals surface area (Å²) in [5, 5.41) is 15.7. The second-order valence-corrected chi connectivity index (χ2v) is 9.11. The smallest absolute Gasteiger partial charge is 0.269 e. The molecule has 3 rings (SSSR count). The number of rotatable bonds is 5. The molecule has 11 heteroatoms. The first-order valence-corrected chi connectivity index (χ1v) is 10.9. The molecule has 0 saturated carbocycles. The van der Waals surface area contributed by atoms with Crippen molar-refractivity contribution in [1.82, 2.24) is 9.29 Å². The van der Waals surface area contributed by atoms with Crippen LogP contribution in [0.4, 0.5) is 10.8 Å². The second kappa shape index (κ2) is 7.71. The van der Waals surface area contributed by atoms with Gasteiger partial charge >= 0.3 is 0 Å². The lowest BCUT2D eigenvalue weighted by Crippen LogP contribution is -2.40. The number of nitro groups is 1. The first-order chi connectivity index (χ1) is 12.7. The molecule has 0 radical (unpaired) electrons. The third-order valence-electron chi connectivity index (χ3n) is 4.40. The van der Waals surface area contributed by atoms with Crippen molar-refractivity contribution in [2.75, 3.05) is 24.7 Å². The van der Waals surface area contributed by atoms with Gasteiger partial charge < -0.3 is 5.32 Å². The Kier molecular flexibility index (Phi) is 5.53. The molecule has 0 unspecified atom stereocenters. The van der Waals surface area contributed by atoms with Crippen molar-refractivity contribution >= 4 is 38.1 Å². The van der Waals surface area contributed by atoms with Gasteiger partial charge in [-0.2, -0.15) is 0 Å². The molecule has 1 aliphatic heterocycles. The zero-order valence-electron chi connectivity index (χ0n) is 14.5. The topological polar surface area (TPSA) is 123 Å². The fraction of sp³-hybridized carbons (Fsp3) is 0.375. The van der Waals surface area contributed by atoms with Crippen LogP contribution in [0, 0.1) is 16.0 Å². The predicted molar refractivity (Wildman–Crippen MR) is 102 cm³/mol. The van der Waals surface area contributed by atoms with Crippen LogP contribution in [0.25, 0.3) is 11.3 Å². The minimum Gasteiger partial charge on any atom is -0.302 e. The number of piperidine rings is 1. The summed E-state index contributed by atoms with van der Waals surface area (Å²) in [7, 11) is -3.22. The highest BCUT2D eigenvalue weighted by atomic mass is 32.2. The van der Waals surface area contributed by atoms with Gasteiger partial charge in [0.2, 0.25) is 15.9 Å². The Balaban J connectivity index is 1.61. The lowest BCUT2D eigenvalue weighted by atomic mass is 9.97. The number of carbonyl (C=O) groups excluding carboxylic acids is 1. The lowest BCUT2D eigenvalue weighted by molar-refractivity contribution is -0.384. The zero-order chi connectivity index (χ0) is 19.6. The molecular weight excluding hydrogens is 392 g/mol. The van der Waals surface area contributed by atoms with Crippen molar-refractivity contribution in [3.8, 4) is 11.3 Å². The summed E-state index contributed by atoms with van der Waals surface area (Å²) < 4.78 is 24.4. The maximum atomic E-state index is 12.4. The molecule has 1 fully saturated rings. The number of nitrogens with zero attached hydrogens (tertiary/aromatic N) is 3. The fourth-order valence-electron chi connectivity index (χ4n) is 2.87. The number of anilines is 1. The summed E-state index contributed by atoms with van der Waals surface area (Å²) in [6.07, 6.45) is 2.11. The zero-order valence-corrected chi connectivity index (χ0v) is 16.1. The van der Waals surface area contributed by atoms with Crippen LogP contribution in [0.15, 0.2) is 29.6 Å². The Morgan fingerprint density at radius 2 is 1.93 bits per heavy atom. The quantitative estimate of drug-likeness (QED) is 0.596. The van der Waals surface area contributed by atoms with Crippen molar-refractivity contribution in [2.24, 2.45) is 5.92 Å². The normalized spacial score (nSPS) is 16.2. The standard InChI is InChI=1S/C16H18N4O5S2/c1-27(24,25)19-8-6-12(7-9-19)15(21)18-16-17-14(10-26-16)11-2-4-13(5-3-11)20(22)23/h2-5,10,12H,6-9H2,1H3,(H,17,18,21). The molecule has 1 aliphatic rings. The second-order valence-electron chi connectivity index (χ2n) is 6.27. The van der Waals surface area contributed by atoms with Gasteiger partial charge in [-0.25, -0.2) is 17.7 Å².